The molecule has 8 heteroatoms. The summed E-state index contributed by atoms with van der Waals surface area (Å²) in [6.45, 7) is 4.93. The van der Waals surface area contributed by atoms with Gasteiger partial charge in [-0.15, -0.1) is 5.10 Å². The molecule has 0 atom stereocenters. The number of hydrogen-bond acceptors (Lipinski definition) is 5. The quantitative estimate of drug-likeness (QED) is 0.537. The maximum Gasteiger partial charge on any atom is 0.252 e. The molecule has 0 unspecified atom stereocenters. The molecule has 0 saturated heterocycles. The van der Waals surface area contributed by atoms with E-state index in [1.54, 1.807) is 35.3 Å². The fraction of sp³-hybridized carbons (Fsp3) is 0.227. The zero-order valence-corrected chi connectivity index (χ0v) is 16.8. The van der Waals surface area contributed by atoms with Gasteiger partial charge < -0.3 is 5.32 Å². The first-order valence-corrected chi connectivity index (χ1v) is 9.67. The molecule has 150 valence electrons. The predicted octanol–water partition coefficient (Wildman–Crippen LogP) is 3.06. The van der Waals surface area contributed by atoms with Gasteiger partial charge in [0.1, 0.15) is 5.69 Å². The molecule has 4 aromatic rings. The van der Waals surface area contributed by atoms with Crippen molar-refractivity contribution in [2.24, 2.45) is 0 Å². The third-order valence-corrected chi connectivity index (χ3v) is 4.82. The van der Waals surface area contributed by atoms with Gasteiger partial charge in [-0.1, -0.05) is 23.4 Å². The molecule has 0 aliphatic carbocycles. The highest BCUT2D eigenvalue weighted by Crippen LogP contribution is 2.21. The van der Waals surface area contributed by atoms with Gasteiger partial charge in [0.05, 0.1) is 48.2 Å². The van der Waals surface area contributed by atoms with Crippen molar-refractivity contribution in [2.45, 2.75) is 33.0 Å². The molecule has 2 aromatic heterocycles. The molecule has 0 aliphatic heterocycles. The van der Waals surface area contributed by atoms with E-state index in [9.17, 15) is 4.79 Å². The van der Waals surface area contributed by atoms with E-state index in [4.69, 9.17) is 5.26 Å². The second-order valence-corrected chi connectivity index (χ2v) is 7.32. The number of nitrogens with zero attached hydrogens (tertiary/aromatic N) is 6. The molecular formula is C22H21N7O. The Morgan fingerprint density at radius 3 is 2.73 bits per heavy atom. The molecule has 4 rings (SSSR count). The van der Waals surface area contributed by atoms with Gasteiger partial charge in [0, 0.05) is 11.4 Å². The first-order chi connectivity index (χ1) is 14.5. The summed E-state index contributed by atoms with van der Waals surface area (Å²) in [4.78, 5) is 12.7. The van der Waals surface area contributed by atoms with Crippen LogP contribution in [0.3, 0.4) is 0 Å². The minimum atomic E-state index is -0.175. The molecule has 0 radical (unpaired) electrons. The lowest BCUT2D eigenvalue weighted by atomic mass is 10.1. The summed E-state index contributed by atoms with van der Waals surface area (Å²) >= 11 is 0. The zero-order chi connectivity index (χ0) is 21.1. The summed E-state index contributed by atoms with van der Waals surface area (Å²) < 4.78 is 3.61. The van der Waals surface area contributed by atoms with Crippen molar-refractivity contribution in [1.82, 2.24) is 30.1 Å². The number of benzene rings is 2. The lowest BCUT2D eigenvalue weighted by Crippen LogP contribution is -2.23. The van der Waals surface area contributed by atoms with E-state index in [2.05, 4.69) is 40.6 Å². The van der Waals surface area contributed by atoms with Crippen molar-refractivity contribution >= 4 is 16.8 Å². The molecule has 0 aliphatic rings. The Kier molecular flexibility index (Phi) is 5.26. The summed E-state index contributed by atoms with van der Waals surface area (Å²) in [5.74, 6) is -0.175. The molecule has 30 heavy (non-hydrogen) atoms. The summed E-state index contributed by atoms with van der Waals surface area (Å²) in [5.41, 5.74) is 3.83. The highest BCUT2D eigenvalue weighted by atomic mass is 16.1. The van der Waals surface area contributed by atoms with E-state index in [1.807, 2.05) is 28.9 Å². The lowest BCUT2D eigenvalue weighted by Gasteiger charge is -2.08. The van der Waals surface area contributed by atoms with Crippen LogP contribution in [-0.2, 0) is 13.1 Å². The molecule has 0 bridgehead atoms. The van der Waals surface area contributed by atoms with E-state index in [0.29, 0.717) is 23.4 Å². The molecule has 0 saturated carbocycles. The predicted molar refractivity (Wildman–Crippen MR) is 112 cm³/mol. The van der Waals surface area contributed by atoms with E-state index in [1.165, 1.54) is 0 Å². The Balaban J connectivity index is 1.42. The number of hydrogen-bond donors (Lipinski definition) is 1. The molecule has 0 fully saturated rings. The maximum absolute atomic E-state index is 12.7. The van der Waals surface area contributed by atoms with Crippen LogP contribution in [0.1, 0.15) is 47.1 Å². The van der Waals surface area contributed by atoms with Crippen molar-refractivity contribution in [1.29, 1.82) is 5.26 Å². The van der Waals surface area contributed by atoms with Crippen LogP contribution in [0.4, 0.5) is 0 Å². The molecule has 2 aromatic carbocycles. The van der Waals surface area contributed by atoms with Crippen molar-refractivity contribution in [3.05, 3.63) is 77.2 Å². The molecule has 8 nitrogen and oxygen atoms in total. The van der Waals surface area contributed by atoms with E-state index < -0.39 is 0 Å². The average molecular weight is 399 g/mol. The first kappa shape index (κ1) is 19.3. The van der Waals surface area contributed by atoms with Crippen molar-refractivity contribution < 1.29 is 4.79 Å². The highest BCUT2D eigenvalue weighted by Gasteiger charge is 2.14. The largest absolute Gasteiger partial charge is 0.346 e. The smallest absolute Gasteiger partial charge is 0.252 e. The fourth-order valence-electron chi connectivity index (χ4n) is 3.31. The van der Waals surface area contributed by atoms with Crippen molar-refractivity contribution in [3.8, 4) is 6.07 Å². The van der Waals surface area contributed by atoms with Gasteiger partial charge in [-0.3, -0.25) is 9.48 Å². The number of fused-ring (bicyclic) bond motifs is 1. The Morgan fingerprint density at radius 2 is 2.00 bits per heavy atom. The Labute approximate surface area is 173 Å². The summed E-state index contributed by atoms with van der Waals surface area (Å²) in [5, 5.41) is 25.3. The number of carbonyl (C=O) groups excluding carboxylic acids is 1. The lowest BCUT2D eigenvalue weighted by molar-refractivity contribution is 0.0952. The average Bonchev–Trinajstić information content (AvgIpc) is 3.39. The second-order valence-electron chi connectivity index (χ2n) is 7.32. The molecule has 1 N–H and O–H groups in total. The summed E-state index contributed by atoms with van der Waals surface area (Å²) in [6, 6.07) is 15.3. The third-order valence-electron chi connectivity index (χ3n) is 4.82. The van der Waals surface area contributed by atoms with Crippen LogP contribution in [0.2, 0.25) is 0 Å². The second kappa shape index (κ2) is 8.17. The van der Waals surface area contributed by atoms with Crippen LogP contribution < -0.4 is 5.32 Å². The topological polar surface area (TPSA) is 101 Å². The Morgan fingerprint density at radius 1 is 1.20 bits per heavy atom. The zero-order valence-electron chi connectivity index (χ0n) is 16.8. The monoisotopic (exact) mass is 399 g/mol. The van der Waals surface area contributed by atoms with Crippen LogP contribution in [0.5, 0.6) is 0 Å². The van der Waals surface area contributed by atoms with E-state index in [-0.39, 0.29) is 18.5 Å². The first-order valence-electron chi connectivity index (χ1n) is 9.67. The van der Waals surface area contributed by atoms with Crippen molar-refractivity contribution in [2.75, 3.05) is 0 Å². The molecule has 0 spiro atoms. The number of amides is 1. The summed E-state index contributed by atoms with van der Waals surface area (Å²) in [7, 11) is 0. The van der Waals surface area contributed by atoms with Crippen LogP contribution >= 0.6 is 0 Å². The van der Waals surface area contributed by atoms with Gasteiger partial charge in [-0.2, -0.15) is 10.4 Å². The fourth-order valence-corrected chi connectivity index (χ4v) is 3.31. The number of aromatic nitrogens is 5. The summed E-state index contributed by atoms with van der Waals surface area (Å²) in [6.07, 6.45) is 3.54. The number of rotatable bonds is 6. The van der Waals surface area contributed by atoms with Gasteiger partial charge in [0.2, 0.25) is 0 Å². The van der Waals surface area contributed by atoms with Crippen LogP contribution in [-0.4, -0.2) is 30.7 Å². The van der Waals surface area contributed by atoms with E-state index in [0.717, 1.165) is 16.5 Å². The van der Waals surface area contributed by atoms with Gasteiger partial charge in [-0.25, -0.2) is 4.68 Å². The van der Waals surface area contributed by atoms with E-state index >= 15 is 0 Å². The standard InChI is InChI=1S/C22H21N7O/c1-15(2)29-21-5-3-4-19(20(21)12-25-29)22(30)24-11-18-14-28(27-26-18)13-17-8-6-16(10-23)7-9-17/h3-9,12,14-15H,11,13H2,1-2H3,(H,24,30). The minimum Gasteiger partial charge on any atom is -0.346 e. The highest BCUT2D eigenvalue weighted by molar-refractivity contribution is 6.06. The molecule has 1 amide bonds. The minimum absolute atomic E-state index is 0.175. The van der Waals surface area contributed by atoms with Crippen LogP contribution in [0.25, 0.3) is 10.9 Å². The normalized spacial score (nSPS) is 11.0. The Hall–Kier alpha value is -3.99. The van der Waals surface area contributed by atoms with Crippen molar-refractivity contribution in [3.63, 3.8) is 0 Å². The maximum atomic E-state index is 12.7. The van der Waals surface area contributed by atoms with Gasteiger partial charge in [0.15, 0.2) is 0 Å². The van der Waals surface area contributed by atoms with Gasteiger partial charge in [0.25, 0.3) is 5.91 Å². The van der Waals surface area contributed by atoms with Crippen LogP contribution in [0, 0.1) is 11.3 Å². The number of nitrogens with one attached hydrogen (secondary N) is 1. The van der Waals surface area contributed by atoms with Crippen LogP contribution in [0.15, 0.2) is 54.9 Å². The van der Waals surface area contributed by atoms with Gasteiger partial charge >= 0.3 is 0 Å². The molecular weight excluding hydrogens is 378 g/mol. The Bertz CT molecular complexity index is 1230. The van der Waals surface area contributed by atoms with Gasteiger partial charge in [-0.05, 0) is 43.7 Å². The molecule has 2 heterocycles. The third kappa shape index (κ3) is 3.91. The number of carbonyl (C=O) groups is 1. The SMILES string of the molecule is CC(C)n1ncc2c(C(=O)NCc3cn(Cc4ccc(C#N)cc4)nn3)cccc21. The number of nitriles is 1.